The number of rotatable bonds is 7. The standard InChI is InChI=1S/C28H27N5O2S/c1-4-36-28-31-27-29-19(3)24(26(34)30-21-12-8-10-18(2)16-21)25(33(27)32-28)20-11-9-15-23(17-20)35-22-13-6-5-7-14-22/h5-17,25H,4H2,1-3H3,(H,30,34)(H,29,31,32). The Balaban J connectivity index is 1.55. The van der Waals surface area contributed by atoms with Gasteiger partial charge in [-0.05, 0) is 67.1 Å². The van der Waals surface area contributed by atoms with Crippen molar-refractivity contribution >= 4 is 29.3 Å². The molecule has 0 fully saturated rings. The van der Waals surface area contributed by atoms with Crippen LogP contribution in [-0.4, -0.2) is 26.4 Å². The second-order valence-corrected chi connectivity index (χ2v) is 9.70. The van der Waals surface area contributed by atoms with E-state index in [0.29, 0.717) is 22.4 Å². The normalized spacial score (nSPS) is 14.7. The van der Waals surface area contributed by atoms with Crippen LogP contribution in [0.2, 0.25) is 0 Å². The number of carbonyl (C=O) groups is 1. The highest BCUT2D eigenvalue weighted by Gasteiger charge is 2.34. The third-order valence-corrected chi connectivity index (χ3v) is 6.50. The summed E-state index contributed by atoms with van der Waals surface area (Å²) in [6, 6.07) is 24.7. The summed E-state index contributed by atoms with van der Waals surface area (Å²) >= 11 is 1.56. The number of para-hydroxylation sites is 1. The van der Waals surface area contributed by atoms with Crippen LogP contribution in [0.3, 0.4) is 0 Å². The van der Waals surface area contributed by atoms with Crippen molar-refractivity contribution in [2.45, 2.75) is 32.0 Å². The van der Waals surface area contributed by atoms with Crippen molar-refractivity contribution < 1.29 is 9.53 Å². The number of ether oxygens (including phenoxy) is 1. The van der Waals surface area contributed by atoms with Gasteiger partial charge in [0.05, 0.1) is 5.57 Å². The maximum absolute atomic E-state index is 13.7. The molecule has 1 unspecified atom stereocenters. The number of nitrogens with one attached hydrogen (secondary N) is 2. The van der Waals surface area contributed by atoms with Gasteiger partial charge in [0.25, 0.3) is 5.91 Å². The highest BCUT2D eigenvalue weighted by atomic mass is 32.2. The quantitative estimate of drug-likeness (QED) is 0.287. The van der Waals surface area contributed by atoms with E-state index in [2.05, 4.69) is 22.5 Å². The number of nitrogens with zero attached hydrogens (tertiary/aromatic N) is 3. The van der Waals surface area contributed by atoms with E-state index < -0.39 is 6.04 Å². The zero-order valence-electron chi connectivity index (χ0n) is 20.4. The lowest BCUT2D eigenvalue weighted by Gasteiger charge is -2.29. The van der Waals surface area contributed by atoms with Gasteiger partial charge in [-0.15, -0.1) is 5.10 Å². The van der Waals surface area contributed by atoms with E-state index in [1.54, 1.807) is 16.4 Å². The lowest BCUT2D eigenvalue weighted by molar-refractivity contribution is -0.113. The Hall–Kier alpha value is -4.04. The van der Waals surface area contributed by atoms with E-state index >= 15 is 0 Å². The molecule has 8 heteroatoms. The van der Waals surface area contributed by atoms with E-state index in [0.717, 1.165) is 34.0 Å². The average Bonchev–Trinajstić information content (AvgIpc) is 3.26. The van der Waals surface area contributed by atoms with Crippen molar-refractivity contribution in [3.8, 4) is 11.5 Å². The zero-order valence-corrected chi connectivity index (χ0v) is 21.2. The van der Waals surface area contributed by atoms with Gasteiger partial charge in [0, 0.05) is 11.4 Å². The molecule has 1 aliphatic heterocycles. The van der Waals surface area contributed by atoms with E-state index in [9.17, 15) is 4.79 Å². The number of allylic oxidation sites excluding steroid dienone is 1. The van der Waals surface area contributed by atoms with Crippen molar-refractivity contribution in [2.24, 2.45) is 0 Å². The van der Waals surface area contributed by atoms with Crippen LogP contribution in [0.15, 0.2) is 95.3 Å². The molecule has 1 aliphatic rings. The first-order valence-electron chi connectivity index (χ1n) is 11.8. The number of carbonyl (C=O) groups excluding carboxylic acids is 1. The molecule has 182 valence electrons. The lowest BCUT2D eigenvalue weighted by Crippen LogP contribution is -2.31. The maximum Gasteiger partial charge on any atom is 0.255 e. The minimum atomic E-state index is -0.482. The number of anilines is 2. The molecule has 1 atom stereocenters. The molecule has 0 saturated carbocycles. The molecular weight excluding hydrogens is 470 g/mol. The number of hydrogen-bond acceptors (Lipinski definition) is 6. The summed E-state index contributed by atoms with van der Waals surface area (Å²) < 4.78 is 7.88. The molecule has 0 saturated heterocycles. The zero-order chi connectivity index (χ0) is 25.1. The lowest BCUT2D eigenvalue weighted by atomic mass is 9.94. The Kier molecular flexibility index (Phi) is 6.77. The van der Waals surface area contributed by atoms with Gasteiger partial charge in [-0.2, -0.15) is 4.98 Å². The third-order valence-electron chi connectivity index (χ3n) is 5.78. The van der Waals surface area contributed by atoms with Crippen LogP contribution in [0.5, 0.6) is 11.5 Å². The molecule has 36 heavy (non-hydrogen) atoms. The fraction of sp³-hybridized carbons (Fsp3) is 0.179. The van der Waals surface area contributed by atoms with Crippen LogP contribution in [0.1, 0.15) is 31.0 Å². The van der Waals surface area contributed by atoms with Crippen LogP contribution in [0.25, 0.3) is 0 Å². The number of aromatic nitrogens is 3. The highest BCUT2D eigenvalue weighted by Crippen LogP contribution is 2.38. The first kappa shape index (κ1) is 23.7. The van der Waals surface area contributed by atoms with Gasteiger partial charge in [0.2, 0.25) is 11.1 Å². The number of benzene rings is 3. The Morgan fingerprint density at radius 3 is 2.58 bits per heavy atom. The minimum Gasteiger partial charge on any atom is -0.457 e. The summed E-state index contributed by atoms with van der Waals surface area (Å²) in [5.41, 5.74) is 3.98. The molecule has 3 aromatic carbocycles. The van der Waals surface area contributed by atoms with Crippen LogP contribution in [0.4, 0.5) is 11.6 Å². The monoisotopic (exact) mass is 497 g/mol. The van der Waals surface area contributed by atoms with Gasteiger partial charge in [0.1, 0.15) is 17.5 Å². The number of fused-ring (bicyclic) bond motifs is 1. The number of hydrogen-bond donors (Lipinski definition) is 2. The molecule has 2 N–H and O–H groups in total. The molecule has 1 amide bonds. The smallest absolute Gasteiger partial charge is 0.255 e. The van der Waals surface area contributed by atoms with E-state index in [-0.39, 0.29) is 5.91 Å². The second kappa shape index (κ2) is 10.3. The largest absolute Gasteiger partial charge is 0.457 e. The SMILES string of the molecule is CCSc1nc2n(n1)C(c1cccc(Oc3ccccc3)c1)C(C(=O)Nc1cccc(C)c1)=C(C)N2. The molecule has 0 spiro atoms. The maximum atomic E-state index is 13.7. The first-order valence-corrected chi connectivity index (χ1v) is 12.8. The molecule has 7 nitrogen and oxygen atoms in total. The van der Waals surface area contributed by atoms with Crippen molar-refractivity contribution in [1.82, 2.24) is 14.8 Å². The first-order chi connectivity index (χ1) is 17.5. The molecule has 5 rings (SSSR count). The van der Waals surface area contributed by atoms with Gasteiger partial charge >= 0.3 is 0 Å². The summed E-state index contributed by atoms with van der Waals surface area (Å²) in [5, 5.41) is 11.8. The van der Waals surface area contributed by atoms with E-state index in [4.69, 9.17) is 9.84 Å². The van der Waals surface area contributed by atoms with Crippen LogP contribution in [-0.2, 0) is 4.79 Å². The molecule has 4 aromatic rings. The number of amides is 1. The summed E-state index contributed by atoms with van der Waals surface area (Å²) in [5.74, 6) is 2.68. The molecule has 2 heterocycles. The van der Waals surface area contributed by atoms with Gasteiger partial charge < -0.3 is 15.4 Å². The molecular formula is C28H27N5O2S. The highest BCUT2D eigenvalue weighted by molar-refractivity contribution is 7.99. The van der Waals surface area contributed by atoms with Crippen molar-refractivity contribution in [3.63, 3.8) is 0 Å². The fourth-order valence-electron chi connectivity index (χ4n) is 4.22. The van der Waals surface area contributed by atoms with Crippen LogP contribution < -0.4 is 15.4 Å². The summed E-state index contributed by atoms with van der Waals surface area (Å²) in [6.07, 6.45) is 0. The minimum absolute atomic E-state index is 0.198. The topological polar surface area (TPSA) is 81.1 Å². The Bertz CT molecular complexity index is 1430. The van der Waals surface area contributed by atoms with Gasteiger partial charge in [-0.1, -0.05) is 61.2 Å². The molecule has 0 radical (unpaired) electrons. The predicted octanol–water partition coefficient (Wildman–Crippen LogP) is 6.42. The summed E-state index contributed by atoms with van der Waals surface area (Å²) in [7, 11) is 0. The van der Waals surface area contributed by atoms with E-state index in [1.165, 1.54) is 0 Å². The van der Waals surface area contributed by atoms with Crippen LogP contribution >= 0.6 is 11.8 Å². The van der Waals surface area contributed by atoms with Gasteiger partial charge in [-0.3, -0.25) is 4.79 Å². The van der Waals surface area contributed by atoms with Crippen LogP contribution in [0, 0.1) is 6.92 Å². The molecule has 1 aromatic heterocycles. The van der Waals surface area contributed by atoms with Gasteiger partial charge in [-0.25, -0.2) is 4.68 Å². The number of thioether (sulfide) groups is 1. The predicted molar refractivity (Wildman–Crippen MR) is 144 cm³/mol. The fourth-order valence-corrected chi connectivity index (χ4v) is 4.77. The third kappa shape index (κ3) is 4.99. The summed E-state index contributed by atoms with van der Waals surface area (Å²) in [4.78, 5) is 18.3. The summed E-state index contributed by atoms with van der Waals surface area (Å²) in [6.45, 7) is 5.95. The molecule has 0 aliphatic carbocycles. The average molecular weight is 498 g/mol. The Morgan fingerprint density at radius 2 is 1.81 bits per heavy atom. The van der Waals surface area contributed by atoms with Crippen molar-refractivity contribution in [2.75, 3.05) is 16.4 Å². The van der Waals surface area contributed by atoms with E-state index in [1.807, 2.05) is 92.7 Å². The van der Waals surface area contributed by atoms with Crippen molar-refractivity contribution in [1.29, 1.82) is 0 Å². The second-order valence-electron chi connectivity index (χ2n) is 8.47. The Morgan fingerprint density at radius 1 is 1.03 bits per heavy atom. The Labute approximate surface area is 214 Å². The van der Waals surface area contributed by atoms with Crippen molar-refractivity contribution in [3.05, 3.63) is 101 Å². The number of aryl methyl sites for hydroxylation is 1. The molecule has 0 bridgehead atoms. The van der Waals surface area contributed by atoms with Gasteiger partial charge in [0.15, 0.2) is 0 Å².